The minimum Gasteiger partial charge on any atom is -0.508 e. The summed E-state index contributed by atoms with van der Waals surface area (Å²) in [4.78, 5) is 0.646. The molecular formula is C20H21BrCl2N2O2. The number of alkyl halides is 1. The maximum Gasteiger partial charge on any atom is 0.122 e. The quantitative estimate of drug-likeness (QED) is 0.494. The number of nitrogens with zero attached hydrogens (tertiary/aromatic N) is 2. The molecule has 27 heavy (non-hydrogen) atoms. The molecule has 0 fully saturated rings. The first-order valence-corrected chi connectivity index (χ1v) is 9.65. The first-order valence-electron chi connectivity index (χ1n) is 7.98. The highest BCUT2D eigenvalue weighted by Crippen LogP contribution is 2.21. The van der Waals surface area contributed by atoms with Crippen molar-refractivity contribution in [1.82, 2.24) is 0 Å². The van der Waals surface area contributed by atoms with Gasteiger partial charge in [-0.15, -0.1) is 0 Å². The van der Waals surface area contributed by atoms with Gasteiger partial charge in [0.15, 0.2) is 0 Å². The lowest BCUT2D eigenvalue weighted by Gasteiger charge is -2.09. The second-order valence-electron chi connectivity index (χ2n) is 5.78. The molecule has 0 heterocycles. The fraction of sp³-hybridized carbons (Fsp3) is 0.300. The van der Waals surface area contributed by atoms with Crippen LogP contribution in [-0.2, 0) is 0 Å². The van der Waals surface area contributed by atoms with Crippen LogP contribution in [-0.4, -0.2) is 16.0 Å². The van der Waals surface area contributed by atoms with E-state index < -0.39 is 0 Å². The van der Waals surface area contributed by atoms with Crippen molar-refractivity contribution >= 4 is 39.1 Å². The SMILES string of the molecule is CC(C)Br.CC(C)Oc1cc(Cl)cc(C#N)c1.N#Cc1cc(O)cc(Cl)c1. The van der Waals surface area contributed by atoms with Gasteiger partial charge in [0.25, 0.3) is 0 Å². The number of benzene rings is 2. The molecule has 1 N–H and O–H groups in total. The van der Waals surface area contributed by atoms with Gasteiger partial charge in [-0.1, -0.05) is 53.0 Å². The Bertz CT molecular complexity index is 790. The molecule has 0 aliphatic rings. The summed E-state index contributed by atoms with van der Waals surface area (Å²) < 4.78 is 5.40. The van der Waals surface area contributed by atoms with Crippen molar-refractivity contribution in [2.45, 2.75) is 38.6 Å². The lowest BCUT2D eigenvalue weighted by Crippen LogP contribution is -2.05. The highest BCUT2D eigenvalue weighted by molar-refractivity contribution is 9.09. The van der Waals surface area contributed by atoms with E-state index in [2.05, 4.69) is 29.8 Å². The van der Waals surface area contributed by atoms with E-state index in [1.807, 2.05) is 26.0 Å². The van der Waals surface area contributed by atoms with Gasteiger partial charge in [0.1, 0.15) is 11.5 Å². The highest BCUT2D eigenvalue weighted by Gasteiger charge is 2.01. The molecule has 0 amide bonds. The highest BCUT2D eigenvalue weighted by atomic mass is 79.9. The molecule has 0 aromatic heterocycles. The molecule has 2 aromatic rings. The largest absolute Gasteiger partial charge is 0.508 e. The molecule has 0 saturated heterocycles. The van der Waals surface area contributed by atoms with Gasteiger partial charge in [0.2, 0.25) is 0 Å². The predicted molar refractivity (Wildman–Crippen MR) is 114 cm³/mol. The van der Waals surface area contributed by atoms with Crippen LogP contribution >= 0.6 is 39.1 Å². The summed E-state index contributed by atoms with van der Waals surface area (Å²) >= 11 is 14.6. The van der Waals surface area contributed by atoms with Gasteiger partial charge in [-0.25, -0.2) is 0 Å². The van der Waals surface area contributed by atoms with Crippen LogP contribution in [0.25, 0.3) is 0 Å². The number of ether oxygens (including phenoxy) is 1. The lowest BCUT2D eigenvalue weighted by molar-refractivity contribution is 0.242. The maximum absolute atomic E-state index is 8.89. The van der Waals surface area contributed by atoms with Crippen LogP contribution < -0.4 is 4.74 Å². The van der Waals surface area contributed by atoms with Gasteiger partial charge in [0, 0.05) is 14.9 Å². The van der Waals surface area contributed by atoms with Gasteiger partial charge in [-0.3, -0.25) is 0 Å². The van der Waals surface area contributed by atoms with Crippen molar-refractivity contribution in [3.63, 3.8) is 0 Å². The molecule has 0 aliphatic heterocycles. The molecule has 0 atom stereocenters. The van der Waals surface area contributed by atoms with E-state index in [4.69, 9.17) is 43.6 Å². The maximum atomic E-state index is 8.89. The van der Waals surface area contributed by atoms with E-state index in [0.29, 0.717) is 31.7 Å². The van der Waals surface area contributed by atoms with Gasteiger partial charge in [-0.05, 0) is 50.2 Å². The number of hydrogen-bond acceptors (Lipinski definition) is 4. The first-order chi connectivity index (χ1) is 12.6. The fourth-order valence-corrected chi connectivity index (χ4v) is 2.06. The van der Waals surface area contributed by atoms with Crippen molar-refractivity contribution in [3.05, 3.63) is 57.6 Å². The molecular weight excluding hydrogens is 451 g/mol. The lowest BCUT2D eigenvalue weighted by atomic mass is 10.2. The molecule has 0 saturated carbocycles. The van der Waals surface area contributed by atoms with Gasteiger partial charge < -0.3 is 9.84 Å². The molecule has 7 heteroatoms. The van der Waals surface area contributed by atoms with Crippen LogP contribution in [0.1, 0.15) is 38.8 Å². The van der Waals surface area contributed by atoms with Crippen LogP contribution in [0.5, 0.6) is 11.5 Å². The molecule has 4 nitrogen and oxygen atoms in total. The Labute approximate surface area is 179 Å². The molecule has 0 aliphatic carbocycles. The molecule has 144 valence electrons. The van der Waals surface area contributed by atoms with E-state index in [1.165, 1.54) is 18.2 Å². The third-order valence-electron chi connectivity index (χ3n) is 2.38. The molecule has 2 aromatic carbocycles. The summed E-state index contributed by atoms with van der Waals surface area (Å²) in [5, 5.41) is 26.8. The average molecular weight is 472 g/mol. The summed E-state index contributed by atoms with van der Waals surface area (Å²) in [6.07, 6.45) is 0.0880. The van der Waals surface area contributed by atoms with Crippen molar-refractivity contribution in [1.29, 1.82) is 10.5 Å². The van der Waals surface area contributed by atoms with Crippen molar-refractivity contribution in [3.8, 4) is 23.6 Å². The van der Waals surface area contributed by atoms with Crippen LogP contribution in [0.15, 0.2) is 36.4 Å². The van der Waals surface area contributed by atoms with E-state index in [-0.39, 0.29) is 11.9 Å². The van der Waals surface area contributed by atoms with Crippen molar-refractivity contribution in [2.24, 2.45) is 0 Å². The van der Waals surface area contributed by atoms with Crippen LogP contribution in [0.4, 0.5) is 0 Å². The third kappa shape index (κ3) is 13.0. The zero-order valence-corrected chi connectivity index (χ0v) is 18.6. The monoisotopic (exact) mass is 470 g/mol. The van der Waals surface area contributed by atoms with E-state index in [0.717, 1.165) is 0 Å². The Morgan fingerprint density at radius 2 is 1.33 bits per heavy atom. The number of aromatic hydroxyl groups is 1. The molecule has 0 spiro atoms. The van der Waals surface area contributed by atoms with E-state index in [9.17, 15) is 0 Å². The summed E-state index contributed by atoms with van der Waals surface area (Å²) in [7, 11) is 0. The van der Waals surface area contributed by atoms with Crippen molar-refractivity contribution in [2.75, 3.05) is 0 Å². The van der Waals surface area contributed by atoms with Crippen LogP contribution in [0.3, 0.4) is 0 Å². The number of phenols is 1. The van der Waals surface area contributed by atoms with Crippen molar-refractivity contribution < 1.29 is 9.84 Å². The molecule has 0 unspecified atom stereocenters. The first kappa shape index (κ1) is 25.1. The minimum absolute atomic E-state index is 0.0176. The fourth-order valence-electron chi connectivity index (χ4n) is 1.61. The smallest absolute Gasteiger partial charge is 0.122 e. The second-order valence-corrected chi connectivity index (χ2v) is 8.48. The standard InChI is InChI=1S/C10H10ClNO.C7H4ClNO.C3H7Br/c1-7(2)13-10-4-8(6-12)3-9(11)5-10;8-6-1-5(4-9)2-7(10)3-6;1-3(2)4/h3-5,7H,1-2H3;1-3,10H;3H,1-2H3. The number of halogens is 3. The number of rotatable bonds is 2. The summed E-state index contributed by atoms with van der Waals surface area (Å²) in [6.45, 7) is 8.01. The number of nitriles is 2. The van der Waals surface area contributed by atoms with Crippen LogP contribution in [0, 0.1) is 22.7 Å². The average Bonchev–Trinajstić information content (AvgIpc) is 2.52. The Morgan fingerprint density at radius 3 is 1.74 bits per heavy atom. The Morgan fingerprint density at radius 1 is 0.889 bits per heavy atom. The van der Waals surface area contributed by atoms with Gasteiger partial charge in [-0.2, -0.15) is 10.5 Å². The predicted octanol–water partition coefficient (Wildman–Crippen LogP) is 6.71. The molecule has 2 rings (SSSR count). The Kier molecular flexibility index (Phi) is 12.3. The normalized spacial score (nSPS) is 9.30. The zero-order valence-electron chi connectivity index (χ0n) is 15.5. The molecule has 0 bridgehead atoms. The summed E-state index contributed by atoms with van der Waals surface area (Å²) in [5.74, 6) is 0.656. The Hall–Kier alpha value is -1.92. The Balaban J connectivity index is 0.000000428. The third-order valence-corrected chi connectivity index (χ3v) is 2.82. The zero-order chi connectivity index (χ0) is 21.0. The second kappa shape index (κ2) is 13.3. The van der Waals surface area contributed by atoms with E-state index in [1.54, 1.807) is 18.2 Å². The van der Waals surface area contributed by atoms with Crippen LogP contribution in [0.2, 0.25) is 10.0 Å². The number of hydrogen-bond donors (Lipinski definition) is 1. The molecule has 0 radical (unpaired) electrons. The minimum atomic E-state index is 0.0176. The number of phenolic OH excluding ortho intramolecular Hbond substituents is 1. The van der Waals surface area contributed by atoms with Gasteiger partial charge in [0.05, 0.1) is 29.4 Å². The summed E-state index contributed by atoms with van der Waals surface area (Å²) in [6, 6.07) is 13.1. The topological polar surface area (TPSA) is 77.0 Å². The van der Waals surface area contributed by atoms with Gasteiger partial charge >= 0.3 is 0 Å². The summed E-state index contributed by atoms with van der Waals surface area (Å²) in [5.41, 5.74) is 0.883. The van der Waals surface area contributed by atoms with E-state index >= 15 is 0 Å².